The lowest BCUT2D eigenvalue weighted by Gasteiger charge is -2.08. The van der Waals surface area contributed by atoms with Crippen LogP contribution in [0.25, 0.3) is 33.5 Å². The molecule has 6 nitrogen and oxygen atoms in total. The van der Waals surface area contributed by atoms with Crippen molar-refractivity contribution in [3.8, 4) is 28.3 Å². The predicted octanol–water partition coefficient (Wildman–Crippen LogP) is 4.51. The number of nitrogens with one attached hydrogen (secondary N) is 1. The van der Waals surface area contributed by atoms with Gasteiger partial charge < -0.3 is 20.4 Å². The minimum Gasteiger partial charge on any atom is -0.426 e. The molecule has 0 bridgehead atoms. The fourth-order valence-electron chi connectivity index (χ4n) is 4.39. The lowest BCUT2D eigenvalue weighted by molar-refractivity contribution is -0.134. The number of benzene rings is 3. The quantitative estimate of drug-likeness (QED) is 0.350. The second-order valence-electron chi connectivity index (χ2n) is 8.48. The van der Waals surface area contributed by atoms with Gasteiger partial charge in [0.25, 0.3) is 0 Å². The Bertz CT molecular complexity index is 1310. The molecule has 3 aromatic carbocycles. The molecule has 1 heterocycles. The van der Waals surface area contributed by atoms with Gasteiger partial charge in [0, 0.05) is 18.1 Å². The summed E-state index contributed by atoms with van der Waals surface area (Å²) in [5.41, 5.74) is 13.7. The molecule has 4 aromatic rings. The predicted molar refractivity (Wildman–Crippen MR) is 126 cm³/mol. The highest BCUT2D eigenvalue weighted by atomic mass is 16.5. The molecule has 1 unspecified atom stereocenters. The van der Waals surface area contributed by atoms with Crippen LogP contribution in [0.5, 0.6) is 5.75 Å². The summed E-state index contributed by atoms with van der Waals surface area (Å²) in [5, 5.41) is 0. The lowest BCUT2D eigenvalue weighted by atomic mass is 9.99. The second-order valence-corrected chi connectivity index (χ2v) is 8.48. The number of rotatable bonds is 6. The van der Waals surface area contributed by atoms with Gasteiger partial charge in [0.2, 0.25) is 0 Å². The van der Waals surface area contributed by atoms with E-state index in [-0.39, 0.29) is 12.0 Å². The molecule has 5 rings (SSSR count). The van der Waals surface area contributed by atoms with E-state index in [2.05, 4.69) is 34.1 Å². The van der Waals surface area contributed by atoms with Crippen LogP contribution in [0.1, 0.15) is 30.0 Å². The SMILES string of the molecule is CN(C)CCCC(=O)Oc1ccc2nc(-c3cccc4c3-c3ccccc3C4N)[nH]c2c1. The first-order valence-electron chi connectivity index (χ1n) is 10.8. The maximum Gasteiger partial charge on any atom is 0.311 e. The molecule has 0 spiro atoms. The standard InChI is InChI=1S/C26H26N4O2/c1-30(2)14-6-11-23(31)32-16-12-13-21-22(15-16)29-26(28-21)20-10-5-9-19-24(20)17-7-3-4-8-18(17)25(19)27/h3-5,7-10,12-13,15,25H,6,11,14,27H2,1-2H3,(H,28,29). The van der Waals surface area contributed by atoms with E-state index >= 15 is 0 Å². The smallest absolute Gasteiger partial charge is 0.311 e. The van der Waals surface area contributed by atoms with E-state index in [0.29, 0.717) is 12.2 Å². The maximum atomic E-state index is 12.2. The topological polar surface area (TPSA) is 84.2 Å². The Kier molecular flexibility index (Phi) is 5.25. The molecular weight excluding hydrogens is 400 g/mol. The first-order valence-corrected chi connectivity index (χ1v) is 10.8. The van der Waals surface area contributed by atoms with E-state index in [1.54, 1.807) is 6.07 Å². The van der Waals surface area contributed by atoms with E-state index in [4.69, 9.17) is 15.5 Å². The zero-order chi connectivity index (χ0) is 22.2. The summed E-state index contributed by atoms with van der Waals surface area (Å²) in [6.45, 7) is 0.853. The highest BCUT2D eigenvalue weighted by Crippen LogP contribution is 2.46. The van der Waals surface area contributed by atoms with Crippen LogP contribution in [-0.2, 0) is 4.79 Å². The fraction of sp³-hybridized carbons (Fsp3) is 0.231. The van der Waals surface area contributed by atoms with Gasteiger partial charge in [-0.2, -0.15) is 0 Å². The van der Waals surface area contributed by atoms with Crippen molar-refractivity contribution in [1.29, 1.82) is 0 Å². The van der Waals surface area contributed by atoms with Crippen molar-refractivity contribution >= 4 is 17.0 Å². The molecule has 6 heteroatoms. The molecule has 0 amide bonds. The second kappa shape index (κ2) is 8.22. The molecule has 1 aliphatic carbocycles. The van der Waals surface area contributed by atoms with Crippen LogP contribution < -0.4 is 10.5 Å². The molecule has 0 saturated carbocycles. The van der Waals surface area contributed by atoms with Crippen LogP contribution in [-0.4, -0.2) is 41.5 Å². The Morgan fingerprint density at radius 3 is 2.69 bits per heavy atom. The summed E-state index contributed by atoms with van der Waals surface area (Å²) in [6.07, 6.45) is 1.16. The van der Waals surface area contributed by atoms with Crippen molar-refractivity contribution in [3.63, 3.8) is 0 Å². The third-order valence-corrected chi connectivity index (χ3v) is 5.92. The van der Waals surface area contributed by atoms with Gasteiger partial charge in [-0.25, -0.2) is 4.98 Å². The van der Waals surface area contributed by atoms with Gasteiger partial charge in [0.15, 0.2) is 0 Å². The average molecular weight is 427 g/mol. The third kappa shape index (κ3) is 3.68. The number of aromatic nitrogens is 2. The molecule has 0 aliphatic heterocycles. The Morgan fingerprint density at radius 2 is 1.84 bits per heavy atom. The van der Waals surface area contributed by atoms with Crippen molar-refractivity contribution < 1.29 is 9.53 Å². The Balaban J connectivity index is 1.45. The summed E-state index contributed by atoms with van der Waals surface area (Å²) in [5.74, 6) is 1.07. The molecule has 1 aliphatic rings. The molecule has 1 atom stereocenters. The number of ether oxygens (including phenoxy) is 1. The number of carbonyl (C=O) groups excluding carboxylic acids is 1. The molecule has 0 saturated heterocycles. The number of H-pyrrole nitrogens is 1. The maximum absolute atomic E-state index is 12.2. The van der Waals surface area contributed by atoms with E-state index in [1.165, 1.54) is 0 Å². The van der Waals surface area contributed by atoms with Crippen LogP contribution in [0, 0.1) is 0 Å². The molecule has 1 aromatic heterocycles. The summed E-state index contributed by atoms with van der Waals surface area (Å²) in [4.78, 5) is 22.4. The largest absolute Gasteiger partial charge is 0.426 e. The first-order chi connectivity index (χ1) is 15.5. The van der Waals surface area contributed by atoms with Crippen molar-refractivity contribution in [1.82, 2.24) is 14.9 Å². The molecule has 0 radical (unpaired) electrons. The van der Waals surface area contributed by atoms with E-state index in [1.807, 2.05) is 44.4 Å². The molecule has 32 heavy (non-hydrogen) atoms. The van der Waals surface area contributed by atoms with Gasteiger partial charge in [0.1, 0.15) is 11.6 Å². The average Bonchev–Trinajstić information content (AvgIpc) is 3.33. The minimum absolute atomic E-state index is 0.135. The summed E-state index contributed by atoms with van der Waals surface area (Å²) >= 11 is 0. The highest BCUT2D eigenvalue weighted by Gasteiger charge is 2.28. The van der Waals surface area contributed by atoms with Crippen molar-refractivity contribution in [2.75, 3.05) is 20.6 Å². The van der Waals surface area contributed by atoms with Gasteiger partial charge in [-0.05, 0) is 61.4 Å². The van der Waals surface area contributed by atoms with Crippen LogP contribution in [0.15, 0.2) is 60.7 Å². The van der Waals surface area contributed by atoms with Crippen molar-refractivity contribution in [2.45, 2.75) is 18.9 Å². The van der Waals surface area contributed by atoms with Gasteiger partial charge >= 0.3 is 5.97 Å². The summed E-state index contributed by atoms with van der Waals surface area (Å²) in [6, 6.07) is 19.8. The molecule has 0 fully saturated rings. The highest BCUT2D eigenvalue weighted by molar-refractivity contribution is 5.92. The summed E-state index contributed by atoms with van der Waals surface area (Å²) < 4.78 is 5.53. The lowest BCUT2D eigenvalue weighted by Crippen LogP contribution is -2.16. The number of nitrogens with two attached hydrogens (primary N) is 1. The fourth-order valence-corrected chi connectivity index (χ4v) is 4.39. The van der Waals surface area contributed by atoms with E-state index in [9.17, 15) is 4.79 Å². The van der Waals surface area contributed by atoms with Crippen LogP contribution >= 0.6 is 0 Å². The minimum atomic E-state index is -0.225. The van der Waals surface area contributed by atoms with Gasteiger partial charge in [0.05, 0.1) is 17.1 Å². The molecule has 3 N–H and O–H groups in total. The van der Waals surface area contributed by atoms with Crippen LogP contribution in [0.3, 0.4) is 0 Å². The number of imidazole rings is 1. The Labute approximate surface area is 187 Å². The van der Waals surface area contributed by atoms with Crippen LogP contribution in [0.4, 0.5) is 0 Å². The number of nitrogens with zero attached hydrogens (tertiary/aromatic N) is 2. The van der Waals surface area contributed by atoms with E-state index in [0.717, 1.165) is 57.6 Å². The number of aromatic amines is 1. The number of hydrogen-bond donors (Lipinski definition) is 2. The van der Waals surface area contributed by atoms with Gasteiger partial charge in [-0.15, -0.1) is 0 Å². The van der Waals surface area contributed by atoms with E-state index < -0.39 is 0 Å². The monoisotopic (exact) mass is 426 g/mol. The number of esters is 1. The molecule has 162 valence electrons. The zero-order valence-corrected chi connectivity index (χ0v) is 18.3. The van der Waals surface area contributed by atoms with Gasteiger partial charge in [-0.3, -0.25) is 4.79 Å². The normalized spacial score (nSPS) is 14.6. The van der Waals surface area contributed by atoms with Gasteiger partial charge in [-0.1, -0.05) is 42.5 Å². The van der Waals surface area contributed by atoms with Crippen molar-refractivity contribution in [2.24, 2.45) is 5.73 Å². The first kappa shape index (κ1) is 20.4. The van der Waals surface area contributed by atoms with Crippen molar-refractivity contribution in [3.05, 3.63) is 71.8 Å². The third-order valence-electron chi connectivity index (χ3n) is 5.92. The zero-order valence-electron chi connectivity index (χ0n) is 18.3. The summed E-state index contributed by atoms with van der Waals surface area (Å²) in [7, 11) is 3.98. The number of fused-ring (bicyclic) bond motifs is 4. The number of carbonyl (C=O) groups is 1. The Hall–Kier alpha value is -3.48. The molecular formula is C26H26N4O2. The number of hydrogen-bond acceptors (Lipinski definition) is 5. The Morgan fingerprint density at radius 1 is 1.06 bits per heavy atom. The van der Waals surface area contributed by atoms with Crippen LogP contribution in [0.2, 0.25) is 0 Å².